The molecule has 0 heterocycles. The molecule has 0 bridgehead atoms. The van der Waals surface area contributed by atoms with Gasteiger partial charge in [-0.1, -0.05) is 6.92 Å². The number of sulfonamides is 1. The van der Waals surface area contributed by atoms with Crippen LogP contribution in [0, 0.1) is 0 Å². The van der Waals surface area contributed by atoms with Crippen molar-refractivity contribution >= 4 is 10.0 Å². The Hall–Kier alpha value is -0.130. The summed E-state index contributed by atoms with van der Waals surface area (Å²) in [5.41, 5.74) is 0. The van der Waals surface area contributed by atoms with E-state index in [1.165, 1.54) is 4.31 Å². The molecule has 0 amide bonds. The summed E-state index contributed by atoms with van der Waals surface area (Å²) >= 11 is 0. The van der Waals surface area contributed by atoms with Crippen LogP contribution >= 0.6 is 0 Å². The van der Waals surface area contributed by atoms with Gasteiger partial charge < -0.3 is 5.32 Å². The summed E-state index contributed by atoms with van der Waals surface area (Å²) in [7, 11) is 0.525. The van der Waals surface area contributed by atoms with Gasteiger partial charge in [-0.25, -0.2) is 12.7 Å². The summed E-state index contributed by atoms with van der Waals surface area (Å²) in [4.78, 5) is 0. The molecule has 1 N–H and O–H groups in total. The summed E-state index contributed by atoms with van der Waals surface area (Å²) < 4.78 is 24.6. The SMILES string of the molecule is CCCN(C)S(=O)(=O)CCCCNC. The number of nitrogens with one attached hydrogen (secondary N) is 1. The van der Waals surface area contributed by atoms with E-state index in [1.807, 2.05) is 14.0 Å². The third-order valence-electron chi connectivity index (χ3n) is 2.09. The second kappa shape index (κ2) is 7.20. The molecule has 0 aliphatic carbocycles. The Morgan fingerprint density at radius 1 is 1.29 bits per heavy atom. The van der Waals surface area contributed by atoms with E-state index >= 15 is 0 Å². The van der Waals surface area contributed by atoms with Crippen LogP contribution in [0.25, 0.3) is 0 Å². The summed E-state index contributed by atoms with van der Waals surface area (Å²) in [6.07, 6.45) is 2.51. The Balaban J connectivity index is 3.83. The average Bonchev–Trinajstić information content (AvgIpc) is 2.13. The highest BCUT2D eigenvalue weighted by molar-refractivity contribution is 7.89. The summed E-state index contributed by atoms with van der Waals surface area (Å²) in [6, 6.07) is 0. The van der Waals surface area contributed by atoms with Crippen LogP contribution in [0.2, 0.25) is 0 Å². The van der Waals surface area contributed by atoms with Crippen LogP contribution in [-0.4, -0.2) is 45.7 Å². The lowest BCUT2D eigenvalue weighted by Gasteiger charge is -2.15. The molecule has 0 rings (SSSR count). The minimum Gasteiger partial charge on any atom is -0.320 e. The molecule has 0 fully saturated rings. The van der Waals surface area contributed by atoms with Gasteiger partial charge in [0.1, 0.15) is 0 Å². The molecule has 0 unspecified atom stereocenters. The van der Waals surface area contributed by atoms with Crippen molar-refractivity contribution in [3.8, 4) is 0 Å². The van der Waals surface area contributed by atoms with Gasteiger partial charge in [-0.15, -0.1) is 0 Å². The fourth-order valence-electron chi connectivity index (χ4n) is 1.20. The zero-order valence-corrected chi connectivity index (χ0v) is 10.2. The van der Waals surface area contributed by atoms with E-state index in [1.54, 1.807) is 7.05 Å². The van der Waals surface area contributed by atoms with Crippen molar-refractivity contribution in [2.24, 2.45) is 0 Å². The molecule has 0 aromatic heterocycles. The molecule has 0 aliphatic heterocycles. The predicted molar refractivity (Wildman–Crippen MR) is 59.9 cm³/mol. The van der Waals surface area contributed by atoms with E-state index in [0.29, 0.717) is 6.54 Å². The van der Waals surface area contributed by atoms with Gasteiger partial charge >= 0.3 is 0 Å². The van der Waals surface area contributed by atoms with Crippen LogP contribution < -0.4 is 5.32 Å². The van der Waals surface area contributed by atoms with E-state index < -0.39 is 10.0 Å². The average molecular weight is 222 g/mol. The molecule has 0 saturated carbocycles. The van der Waals surface area contributed by atoms with Crippen molar-refractivity contribution in [2.45, 2.75) is 26.2 Å². The fraction of sp³-hybridized carbons (Fsp3) is 1.00. The van der Waals surface area contributed by atoms with Gasteiger partial charge in [0.05, 0.1) is 5.75 Å². The Bertz CT molecular complexity index is 227. The molecule has 0 aromatic rings. The van der Waals surface area contributed by atoms with E-state index in [2.05, 4.69) is 5.32 Å². The molecule has 0 aromatic carbocycles. The topological polar surface area (TPSA) is 49.4 Å². The highest BCUT2D eigenvalue weighted by atomic mass is 32.2. The molecular weight excluding hydrogens is 200 g/mol. The molecule has 0 radical (unpaired) electrons. The van der Waals surface area contributed by atoms with Crippen LogP contribution in [0.1, 0.15) is 26.2 Å². The van der Waals surface area contributed by atoms with Crippen LogP contribution in [0.15, 0.2) is 0 Å². The van der Waals surface area contributed by atoms with Gasteiger partial charge in [-0.3, -0.25) is 0 Å². The second-order valence-electron chi connectivity index (χ2n) is 3.45. The number of hydrogen-bond donors (Lipinski definition) is 1. The molecule has 4 nitrogen and oxygen atoms in total. The fourth-order valence-corrected chi connectivity index (χ4v) is 2.54. The third-order valence-corrected chi connectivity index (χ3v) is 4.03. The van der Waals surface area contributed by atoms with E-state index in [0.717, 1.165) is 25.8 Å². The molecule has 0 aliphatic rings. The highest BCUT2D eigenvalue weighted by Crippen LogP contribution is 2.02. The minimum atomic E-state index is -3.00. The van der Waals surface area contributed by atoms with Gasteiger partial charge in [-0.05, 0) is 32.9 Å². The van der Waals surface area contributed by atoms with Crippen LogP contribution in [0.4, 0.5) is 0 Å². The maximum Gasteiger partial charge on any atom is 0.213 e. The van der Waals surface area contributed by atoms with Crippen LogP contribution in [0.3, 0.4) is 0 Å². The Labute approximate surface area is 87.7 Å². The van der Waals surface area contributed by atoms with Gasteiger partial charge in [0.15, 0.2) is 0 Å². The quantitative estimate of drug-likeness (QED) is 0.614. The lowest BCUT2D eigenvalue weighted by Crippen LogP contribution is -2.30. The van der Waals surface area contributed by atoms with Gasteiger partial charge in [0.2, 0.25) is 10.0 Å². The third kappa shape index (κ3) is 5.57. The smallest absolute Gasteiger partial charge is 0.213 e. The summed E-state index contributed by atoms with van der Waals surface area (Å²) in [5, 5.41) is 3.00. The van der Waals surface area contributed by atoms with E-state index in [9.17, 15) is 8.42 Å². The molecule has 0 atom stereocenters. The Morgan fingerprint density at radius 3 is 2.43 bits per heavy atom. The lowest BCUT2D eigenvalue weighted by molar-refractivity contribution is 0.466. The molecule has 5 heteroatoms. The first-order valence-electron chi connectivity index (χ1n) is 5.13. The summed E-state index contributed by atoms with van der Waals surface area (Å²) in [6.45, 7) is 3.48. The number of unbranched alkanes of at least 4 members (excludes halogenated alkanes) is 1. The maximum atomic E-state index is 11.6. The zero-order valence-electron chi connectivity index (χ0n) is 9.41. The first-order valence-corrected chi connectivity index (χ1v) is 6.74. The first-order chi connectivity index (χ1) is 6.54. The Morgan fingerprint density at radius 2 is 1.93 bits per heavy atom. The number of hydrogen-bond acceptors (Lipinski definition) is 3. The largest absolute Gasteiger partial charge is 0.320 e. The summed E-state index contributed by atoms with van der Waals surface area (Å²) in [5.74, 6) is 0.269. The first kappa shape index (κ1) is 13.9. The van der Waals surface area contributed by atoms with Crippen LogP contribution in [-0.2, 0) is 10.0 Å². The monoisotopic (exact) mass is 222 g/mol. The Kier molecular flexibility index (Phi) is 7.13. The molecule has 0 saturated heterocycles. The number of nitrogens with zero attached hydrogens (tertiary/aromatic N) is 1. The van der Waals surface area contributed by atoms with Gasteiger partial charge in [0, 0.05) is 13.6 Å². The van der Waals surface area contributed by atoms with Crippen molar-refractivity contribution in [2.75, 3.05) is 32.9 Å². The van der Waals surface area contributed by atoms with Crippen molar-refractivity contribution in [3.05, 3.63) is 0 Å². The molecule has 86 valence electrons. The van der Waals surface area contributed by atoms with E-state index in [4.69, 9.17) is 0 Å². The standard InChI is InChI=1S/C9H22N2O2S/c1-4-8-11(3)14(12,13)9-6-5-7-10-2/h10H,4-9H2,1-3H3. The number of rotatable bonds is 8. The van der Waals surface area contributed by atoms with Crippen molar-refractivity contribution < 1.29 is 8.42 Å². The van der Waals surface area contributed by atoms with Crippen molar-refractivity contribution in [1.29, 1.82) is 0 Å². The minimum absolute atomic E-state index is 0.269. The van der Waals surface area contributed by atoms with Crippen molar-refractivity contribution in [3.63, 3.8) is 0 Å². The molecular formula is C9H22N2O2S. The normalized spacial score (nSPS) is 12.3. The highest BCUT2D eigenvalue weighted by Gasteiger charge is 2.15. The maximum absolute atomic E-state index is 11.6. The molecule has 0 spiro atoms. The van der Waals surface area contributed by atoms with E-state index in [-0.39, 0.29) is 5.75 Å². The second-order valence-corrected chi connectivity index (χ2v) is 5.64. The molecule has 14 heavy (non-hydrogen) atoms. The predicted octanol–water partition coefficient (Wildman–Crippen LogP) is 0.658. The van der Waals surface area contributed by atoms with Gasteiger partial charge in [0.25, 0.3) is 0 Å². The van der Waals surface area contributed by atoms with Gasteiger partial charge in [-0.2, -0.15) is 0 Å². The lowest BCUT2D eigenvalue weighted by atomic mass is 10.3. The van der Waals surface area contributed by atoms with Crippen molar-refractivity contribution in [1.82, 2.24) is 9.62 Å². The zero-order chi connectivity index (χ0) is 11.0. The van der Waals surface area contributed by atoms with Crippen LogP contribution in [0.5, 0.6) is 0 Å².